The van der Waals surface area contributed by atoms with E-state index in [4.69, 9.17) is 9.47 Å². The molecule has 1 saturated heterocycles. The van der Waals surface area contributed by atoms with Crippen molar-refractivity contribution in [2.45, 2.75) is 19.4 Å². The zero-order valence-corrected chi connectivity index (χ0v) is 21.3. The summed E-state index contributed by atoms with van der Waals surface area (Å²) in [6.07, 6.45) is 0.740. The summed E-state index contributed by atoms with van der Waals surface area (Å²) in [5.41, 5.74) is 2.80. The van der Waals surface area contributed by atoms with Gasteiger partial charge in [0.25, 0.3) is 17.4 Å². The van der Waals surface area contributed by atoms with Gasteiger partial charge in [0.1, 0.15) is 11.3 Å². The number of amides is 2. The van der Waals surface area contributed by atoms with E-state index in [1.807, 2.05) is 48.5 Å². The Kier molecular flexibility index (Phi) is 6.75. The van der Waals surface area contributed by atoms with Gasteiger partial charge in [-0.05, 0) is 43.7 Å². The number of benzene rings is 2. The Morgan fingerprint density at radius 2 is 1.92 bits per heavy atom. The third-order valence-corrected chi connectivity index (χ3v) is 7.07. The quantitative estimate of drug-likeness (QED) is 0.527. The minimum Gasteiger partial charge on any atom is -0.482 e. The number of ether oxygens (including phenoxy) is 2. The number of nitrogens with zero attached hydrogens (tertiary/aromatic N) is 4. The van der Waals surface area contributed by atoms with Crippen LogP contribution in [0, 0.1) is 6.92 Å². The molecule has 2 aliphatic heterocycles. The molecular formula is C27H31N5O5. The van der Waals surface area contributed by atoms with Crippen molar-refractivity contribution in [3.05, 3.63) is 70.1 Å². The summed E-state index contributed by atoms with van der Waals surface area (Å²) < 4.78 is 14.0. The van der Waals surface area contributed by atoms with Gasteiger partial charge in [0.2, 0.25) is 0 Å². The van der Waals surface area contributed by atoms with E-state index in [2.05, 4.69) is 10.2 Å². The van der Waals surface area contributed by atoms with Crippen LogP contribution in [-0.2, 0) is 16.6 Å². The maximum atomic E-state index is 13.2. The summed E-state index contributed by atoms with van der Waals surface area (Å²) in [7, 11) is 3.38. The predicted octanol–water partition coefficient (Wildman–Crippen LogP) is 1.86. The number of rotatable bonds is 7. The van der Waals surface area contributed by atoms with Crippen molar-refractivity contribution < 1.29 is 19.1 Å². The molecule has 10 heteroatoms. The molecule has 1 fully saturated rings. The van der Waals surface area contributed by atoms with Crippen molar-refractivity contribution in [3.8, 4) is 11.4 Å². The van der Waals surface area contributed by atoms with E-state index in [9.17, 15) is 14.4 Å². The third-order valence-electron chi connectivity index (χ3n) is 7.07. The van der Waals surface area contributed by atoms with Crippen LogP contribution in [0.1, 0.15) is 22.5 Å². The number of hydrogen-bond donors (Lipinski definition) is 1. The van der Waals surface area contributed by atoms with Crippen LogP contribution in [0.3, 0.4) is 0 Å². The fourth-order valence-corrected chi connectivity index (χ4v) is 5.01. The van der Waals surface area contributed by atoms with Crippen LogP contribution in [-0.4, -0.2) is 67.2 Å². The molecule has 194 valence electrons. The smallest absolute Gasteiger partial charge is 0.284 e. The van der Waals surface area contributed by atoms with Gasteiger partial charge in [0.15, 0.2) is 6.61 Å². The van der Waals surface area contributed by atoms with Crippen LogP contribution in [0.5, 0.6) is 5.75 Å². The standard InChI is InChI=1S/C27H31N5O5/c1-18-25(27(35)32(29(18)2)20-7-5-4-6-8-20)26(34)28-19-11-12-30(16-19)21-9-10-23-22(15-21)31(13-14-36-3)24(33)17-37-23/h4-10,15,19H,11-14,16-17H2,1-3H3,(H,28,34)/t19-/m0/s1. The van der Waals surface area contributed by atoms with E-state index < -0.39 is 0 Å². The van der Waals surface area contributed by atoms with Gasteiger partial charge in [0, 0.05) is 45.5 Å². The summed E-state index contributed by atoms with van der Waals surface area (Å²) in [6, 6.07) is 15.0. The maximum absolute atomic E-state index is 13.2. The minimum absolute atomic E-state index is 0.0127. The van der Waals surface area contributed by atoms with Crippen molar-refractivity contribution in [1.29, 1.82) is 0 Å². The van der Waals surface area contributed by atoms with Crippen LogP contribution in [0.25, 0.3) is 5.69 Å². The first-order valence-electron chi connectivity index (χ1n) is 12.3. The number of aromatic nitrogens is 2. The second kappa shape index (κ2) is 10.1. The van der Waals surface area contributed by atoms with Gasteiger partial charge in [-0.3, -0.25) is 19.1 Å². The number of hydrogen-bond acceptors (Lipinski definition) is 6. The largest absolute Gasteiger partial charge is 0.482 e. The monoisotopic (exact) mass is 505 g/mol. The zero-order valence-electron chi connectivity index (χ0n) is 21.3. The fourth-order valence-electron chi connectivity index (χ4n) is 5.01. The van der Waals surface area contributed by atoms with Crippen LogP contribution >= 0.6 is 0 Å². The summed E-state index contributed by atoms with van der Waals surface area (Å²) in [5, 5.41) is 3.06. The lowest BCUT2D eigenvalue weighted by atomic mass is 10.2. The first-order chi connectivity index (χ1) is 17.9. The van der Waals surface area contributed by atoms with Crippen molar-refractivity contribution in [2.24, 2.45) is 7.05 Å². The summed E-state index contributed by atoms with van der Waals surface area (Å²) >= 11 is 0. The lowest BCUT2D eigenvalue weighted by Crippen LogP contribution is -2.41. The number of fused-ring (bicyclic) bond motifs is 1. The molecule has 3 aromatic rings. The van der Waals surface area contributed by atoms with Crippen LogP contribution in [0.15, 0.2) is 53.3 Å². The van der Waals surface area contributed by atoms with Crippen molar-refractivity contribution in [3.63, 3.8) is 0 Å². The topological polar surface area (TPSA) is 98.0 Å². The first-order valence-corrected chi connectivity index (χ1v) is 12.3. The molecule has 0 bridgehead atoms. The third kappa shape index (κ3) is 4.60. The van der Waals surface area contributed by atoms with Gasteiger partial charge >= 0.3 is 0 Å². The van der Waals surface area contributed by atoms with Crippen molar-refractivity contribution >= 4 is 23.2 Å². The molecule has 0 saturated carbocycles. The maximum Gasteiger partial charge on any atom is 0.284 e. The lowest BCUT2D eigenvalue weighted by Gasteiger charge is -2.30. The van der Waals surface area contributed by atoms with E-state index in [0.29, 0.717) is 36.8 Å². The second-order valence-electron chi connectivity index (χ2n) is 9.32. The zero-order chi connectivity index (χ0) is 26.1. The molecule has 2 amide bonds. The molecule has 2 aromatic carbocycles. The number of carbonyl (C=O) groups excluding carboxylic acids is 2. The highest BCUT2D eigenvalue weighted by Gasteiger charge is 2.30. The van der Waals surface area contributed by atoms with Crippen molar-refractivity contribution in [1.82, 2.24) is 14.7 Å². The van der Waals surface area contributed by atoms with E-state index >= 15 is 0 Å². The van der Waals surface area contributed by atoms with E-state index in [1.54, 1.807) is 30.7 Å². The molecule has 10 nitrogen and oxygen atoms in total. The van der Waals surface area contributed by atoms with Gasteiger partial charge in [-0.2, -0.15) is 0 Å². The van der Waals surface area contributed by atoms with Crippen LogP contribution in [0.4, 0.5) is 11.4 Å². The molecule has 5 rings (SSSR count). The highest BCUT2D eigenvalue weighted by atomic mass is 16.5. The summed E-state index contributed by atoms with van der Waals surface area (Å²) in [5.74, 6) is 0.195. The number of nitrogens with one attached hydrogen (secondary N) is 1. The molecular weight excluding hydrogens is 474 g/mol. The Labute approximate surface area is 215 Å². The average molecular weight is 506 g/mol. The lowest BCUT2D eigenvalue weighted by molar-refractivity contribution is -0.121. The van der Waals surface area contributed by atoms with Gasteiger partial charge in [-0.15, -0.1) is 0 Å². The molecule has 37 heavy (non-hydrogen) atoms. The van der Waals surface area contributed by atoms with Crippen LogP contribution < -0.4 is 25.4 Å². The molecule has 2 aliphatic rings. The van der Waals surface area contributed by atoms with Gasteiger partial charge in [0.05, 0.1) is 23.7 Å². The Hall–Kier alpha value is -4.05. The number of anilines is 2. The highest BCUT2D eigenvalue weighted by molar-refractivity contribution is 5.98. The first kappa shape index (κ1) is 24.6. The molecule has 1 aromatic heterocycles. The van der Waals surface area contributed by atoms with Gasteiger partial charge < -0.3 is 24.6 Å². The molecule has 0 spiro atoms. The van der Waals surface area contributed by atoms with Gasteiger partial charge in [-0.25, -0.2) is 4.68 Å². The normalized spacial score (nSPS) is 17.1. The Bertz CT molecular complexity index is 1380. The van der Waals surface area contributed by atoms with Crippen molar-refractivity contribution in [2.75, 3.05) is 49.8 Å². The Balaban J connectivity index is 1.31. The molecule has 0 aliphatic carbocycles. The second-order valence-corrected chi connectivity index (χ2v) is 9.32. The molecule has 3 heterocycles. The minimum atomic E-state index is -0.366. The SMILES string of the molecule is COCCN1C(=O)COc2ccc(N3CC[C@H](NC(=O)c4c(C)n(C)n(-c5ccccc5)c4=O)C3)cc21. The predicted molar refractivity (Wildman–Crippen MR) is 140 cm³/mol. The number of methoxy groups -OCH3 is 1. The van der Waals surface area contributed by atoms with Gasteiger partial charge in [-0.1, -0.05) is 18.2 Å². The van der Waals surface area contributed by atoms with E-state index in [-0.39, 0.29) is 35.6 Å². The fraction of sp³-hybridized carbons (Fsp3) is 0.370. The summed E-state index contributed by atoms with van der Waals surface area (Å²) in [6.45, 7) is 4.00. The highest BCUT2D eigenvalue weighted by Crippen LogP contribution is 2.36. The Morgan fingerprint density at radius 3 is 2.68 bits per heavy atom. The van der Waals surface area contributed by atoms with E-state index in [1.165, 1.54) is 4.68 Å². The average Bonchev–Trinajstić information content (AvgIpc) is 3.45. The molecule has 0 radical (unpaired) electrons. The van der Waals surface area contributed by atoms with Crippen LogP contribution in [0.2, 0.25) is 0 Å². The molecule has 1 N–H and O–H groups in total. The molecule has 1 atom stereocenters. The summed E-state index contributed by atoms with van der Waals surface area (Å²) in [4.78, 5) is 42.7. The Morgan fingerprint density at radius 1 is 1.14 bits per heavy atom. The van der Waals surface area contributed by atoms with E-state index in [0.717, 1.165) is 24.3 Å². The number of para-hydroxylation sites is 1. The molecule has 0 unspecified atom stereocenters. The number of carbonyl (C=O) groups is 2.